The highest BCUT2D eigenvalue weighted by Gasteiger charge is 2.17. The number of rotatable bonds is 4. The molecule has 2 heterocycles. The summed E-state index contributed by atoms with van der Waals surface area (Å²) >= 11 is 0. The molecule has 29 heavy (non-hydrogen) atoms. The monoisotopic (exact) mass is 410 g/mol. The molecule has 0 aliphatic carbocycles. The van der Waals surface area contributed by atoms with E-state index in [0.717, 1.165) is 33.8 Å². The number of nitrogen functional groups attached to an aromatic ring is 1. The molecule has 4 aromatic rings. The van der Waals surface area contributed by atoms with E-state index in [9.17, 15) is 12.8 Å². The molecule has 0 saturated heterocycles. The molecule has 0 atom stereocenters. The Labute approximate surface area is 167 Å². The number of halogens is 1. The quantitative estimate of drug-likeness (QED) is 0.433. The number of nitrogens with zero attached hydrogens (tertiary/aromatic N) is 1. The number of fused-ring (bicyclic) bond motifs is 1. The number of aryl methyl sites for hydroxylation is 1. The van der Waals surface area contributed by atoms with Crippen LogP contribution >= 0.6 is 0 Å². The molecule has 8 heteroatoms. The second-order valence-corrected chi connectivity index (χ2v) is 8.86. The molecule has 2 aromatic heterocycles. The minimum atomic E-state index is -3.68. The molecule has 0 bridgehead atoms. The van der Waals surface area contributed by atoms with Crippen molar-refractivity contribution in [1.29, 1.82) is 0 Å². The Hall–Kier alpha value is -3.39. The Kier molecular flexibility index (Phi) is 4.50. The number of hydrogen-bond acceptors (Lipinski definition) is 5. The third kappa shape index (κ3) is 3.42. The van der Waals surface area contributed by atoms with Gasteiger partial charge in [0.15, 0.2) is 15.7 Å². The van der Waals surface area contributed by atoms with Gasteiger partial charge < -0.3 is 16.0 Å². The molecule has 4 rings (SSSR count). The minimum Gasteiger partial charge on any atom is -0.397 e. The first kappa shape index (κ1) is 18.9. The molecule has 0 saturated carbocycles. The predicted molar refractivity (Wildman–Crippen MR) is 113 cm³/mol. The standard InChI is InChI=1S/C21H19FN4O2S/c1-12-10-24-19(26-17-7-4-8-18(20(17)22)29(2,27)28)9-14(12)15-11-25-21-13(15)5-3-6-16(21)23/h3-11,25H,23H2,1-2H3,(H,24,26). The van der Waals surface area contributed by atoms with Gasteiger partial charge in [-0.15, -0.1) is 0 Å². The van der Waals surface area contributed by atoms with Crippen LogP contribution in [0.2, 0.25) is 0 Å². The van der Waals surface area contributed by atoms with Crippen molar-refractivity contribution in [3.63, 3.8) is 0 Å². The zero-order valence-corrected chi connectivity index (χ0v) is 16.6. The van der Waals surface area contributed by atoms with E-state index in [2.05, 4.69) is 15.3 Å². The Morgan fingerprint density at radius 1 is 1.14 bits per heavy atom. The Bertz CT molecular complexity index is 1350. The van der Waals surface area contributed by atoms with Crippen LogP contribution in [0.25, 0.3) is 22.0 Å². The Morgan fingerprint density at radius 2 is 1.90 bits per heavy atom. The average molecular weight is 410 g/mol. The molecule has 0 radical (unpaired) electrons. The molecule has 0 fully saturated rings. The third-order valence-corrected chi connectivity index (χ3v) is 5.88. The Morgan fingerprint density at radius 3 is 2.66 bits per heavy atom. The van der Waals surface area contributed by atoms with Crippen LogP contribution in [0.1, 0.15) is 5.56 Å². The molecule has 0 amide bonds. The van der Waals surface area contributed by atoms with Gasteiger partial charge in [0.05, 0.1) is 16.9 Å². The van der Waals surface area contributed by atoms with Crippen LogP contribution in [0, 0.1) is 12.7 Å². The molecule has 0 aliphatic rings. The van der Waals surface area contributed by atoms with E-state index in [0.29, 0.717) is 11.5 Å². The largest absolute Gasteiger partial charge is 0.397 e. The number of para-hydroxylation sites is 1. The van der Waals surface area contributed by atoms with Crippen molar-refractivity contribution < 1.29 is 12.8 Å². The number of nitrogens with one attached hydrogen (secondary N) is 2. The smallest absolute Gasteiger partial charge is 0.178 e. The lowest BCUT2D eigenvalue weighted by Crippen LogP contribution is -2.04. The number of hydrogen-bond donors (Lipinski definition) is 3. The number of anilines is 3. The summed E-state index contributed by atoms with van der Waals surface area (Å²) in [6.07, 6.45) is 4.53. The topological polar surface area (TPSA) is 101 Å². The number of benzene rings is 2. The normalized spacial score (nSPS) is 11.7. The number of nitrogens with two attached hydrogens (primary N) is 1. The van der Waals surface area contributed by atoms with Crippen molar-refractivity contribution in [2.24, 2.45) is 0 Å². The van der Waals surface area contributed by atoms with Gasteiger partial charge in [-0.2, -0.15) is 0 Å². The molecule has 148 valence electrons. The van der Waals surface area contributed by atoms with E-state index in [1.807, 2.05) is 31.3 Å². The molecule has 0 unspecified atom stereocenters. The van der Waals surface area contributed by atoms with Crippen LogP contribution in [0.15, 0.2) is 59.8 Å². The summed E-state index contributed by atoms with van der Waals surface area (Å²) in [7, 11) is -3.68. The third-order valence-electron chi connectivity index (χ3n) is 4.77. The van der Waals surface area contributed by atoms with Gasteiger partial charge in [0.2, 0.25) is 0 Å². The van der Waals surface area contributed by atoms with Crippen LogP contribution in [-0.2, 0) is 9.84 Å². The van der Waals surface area contributed by atoms with Crippen molar-refractivity contribution >= 4 is 37.9 Å². The maximum atomic E-state index is 14.7. The van der Waals surface area contributed by atoms with Gasteiger partial charge >= 0.3 is 0 Å². The lowest BCUT2D eigenvalue weighted by Gasteiger charge is -2.12. The molecule has 0 aliphatic heterocycles. The summed E-state index contributed by atoms with van der Waals surface area (Å²) in [6, 6.07) is 11.7. The zero-order chi connectivity index (χ0) is 20.8. The number of sulfone groups is 1. The number of H-pyrrole nitrogens is 1. The van der Waals surface area contributed by atoms with Crippen molar-refractivity contribution in [1.82, 2.24) is 9.97 Å². The summed E-state index contributed by atoms with van der Waals surface area (Å²) < 4.78 is 38.2. The van der Waals surface area contributed by atoms with E-state index in [1.54, 1.807) is 12.3 Å². The molecule has 0 spiro atoms. The fourth-order valence-corrected chi connectivity index (χ4v) is 4.08. The zero-order valence-electron chi connectivity index (χ0n) is 15.8. The number of aromatic nitrogens is 2. The maximum Gasteiger partial charge on any atom is 0.178 e. The van der Waals surface area contributed by atoms with Gasteiger partial charge in [0, 0.05) is 29.6 Å². The van der Waals surface area contributed by atoms with Crippen LogP contribution in [-0.4, -0.2) is 24.6 Å². The van der Waals surface area contributed by atoms with Crippen LogP contribution < -0.4 is 11.1 Å². The fourth-order valence-electron chi connectivity index (χ4n) is 3.31. The predicted octanol–water partition coefficient (Wildman–Crippen LogP) is 4.41. The molecular formula is C21H19FN4O2S. The van der Waals surface area contributed by atoms with Crippen molar-refractivity contribution in [2.75, 3.05) is 17.3 Å². The fraction of sp³-hybridized carbons (Fsp3) is 0.0952. The lowest BCUT2D eigenvalue weighted by atomic mass is 10.0. The summed E-state index contributed by atoms with van der Waals surface area (Å²) in [5.41, 5.74) is 10.4. The van der Waals surface area contributed by atoms with Gasteiger partial charge in [-0.25, -0.2) is 17.8 Å². The van der Waals surface area contributed by atoms with E-state index in [4.69, 9.17) is 5.73 Å². The second-order valence-electron chi connectivity index (χ2n) is 6.87. The van der Waals surface area contributed by atoms with Gasteiger partial charge in [-0.1, -0.05) is 18.2 Å². The molecule has 6 nitrogen and oxygen atoms in total. The number of aromatic amines is 1. The van der Waals surface area contributed by atoms with Gasteiger partial charge in [-0.3, -0.25) is 0 Å². The summed E-state index contributed by atoms with van der Waals surface area (Å²) in [6.45, 7) is 1.93. The SMILES string of the molecule is Cc1cnc(Nc2cccc(S(C)(=O)=O)c2F)cc1-c1c[nH]c2c(N)cccc12. The molecule has 4 N–H and O–H groups in total. The minimum absolute atomic E-state index is 0.0402. The first-order chi connectivity index (χ1) is 13.8. The lowest BCUT2D eigenvalue weighted by molar-refractivity contribution is 0.573. The van der Waals surface area contributed by atoms with Gasteiger partial charge in [0.25, 0.3) is 0 Å². The maximum absolute atomic E-state index is 14.7. The first-order valence-electron chi connectivity index (χ1n) is 8.84. The van der Waals surface area contributed by atoms with E-state index in [1.165, 1.54) is 18.2 Å². The highest BCUT2D eigenvalue weighted by atomic mass is 32.2. The first-order valence-corrected chi connectivity index (χ1v) is 10.7. The van der Waals surface area contributed by atoms with Gasteiger partial charge in [-0.05, 0) is 42.3 Å². The van der Waals surface area contributed by atoms with Gasteiger partial charge in [0.1, 0.15) is 10.7 Å². The number of pyridine rings is 1. The van der Waals surface area contributed by atoms with E-state index >= 15 is 0 Å². The van der Waals surface area contributed by atoms with Crippen LogP contribution in [0.5, 0.6) is 0 Å². The average Bonchev–Trinajstić information content (AvgIpc) is 3.09. The highest BCUT2D eigenvalue weighted by molar-refractivity contribution is 7.90. The second kappa shape index (κ2) is 6.89. The molecule has 2 aromatic carbocycles. The van der Waals surface area contributed by atoms with Crippen molar-refractivity contribution in [3.8, 4) is 11.1 Å². The van der Waals surface area contributed by atoms with Crippen LogP contribution in [0.4, 0.5) is 21.6 Å². The van der Waals surface area contributed by atoms with Crippen molar-refractivity contribution in [3.05, 3.63) is 66.2 Å². The molecular weight excluding hydrogens is 391 g/mol. The van der Waals surface area contributed by atoms with E-state index in [-0.39, 0.29) is 10.6 Å². The van der Waals surface area contributed by atoms with Crippen molar-refractivity contribution in [2.45, 2.75) is 11.8 Å². The summed E-state index contributed by atoms with van der Waals surface area (Å²) in [5, 5.41) is 3.86. The summed E-state index contributed by atoms with van der Waals surface area (Å²) in [5.74, 6) is -0.438. The van der Waals surface area contributed by atoms with Crippen LogP contribution in [0.3, 0.4) is 0 Å². The Balaban J connectivity index is 1.78. The summed E-state index contributed by atoms with van der Waals surface area (Å²) in [4.78, 5) is 7.15. The highest BCUT2D eigenvalue weighted by Crippen LogP contribution is 2.34. The van der Waals surface area contributed by atoms with E-state index < -0.39 is 15.7 Å².